The number of hydrogen-bond acceptors (Lipinski definition) is 5. The van der Waals surface area contributed by atoms with Gasteiger partial charge in [0.15, 0.2) is 11.2 Å². The van der Waals surface area contributed by atoms with Crippen LogP contribution in [-0.4, -0.2) is 30.8 Å². The molecule has 0 aliphatic carbocycles. The number of nitrogens with zero attached hydrogens (tertiary/aromatic N) is 5. The van der Waals surface area contributed by atoms with Gasteiger partial charge in [-0.3, -0.25) is 18.7 Å². The molecule has 10 heteroatoms. The maximum absolute atomic E-state index is 12.3. The van der Waals surface area contributed by atoms with Gasteiger partial charge in [0.25, 0.3) is 11.5 Å². The molecule has 0 spiro atoms. The van der Waals surface area contributed by atoms with Crippen LogP contribution >= 0.6 is 11.6 Å². The third-order valence-corrected chi connectivity index (χ3v) is 4.17. The molecular formula is C16H15ClN6O3. The average molecular weight is 375 g/mol. The third-order valence-electron chi connectivity index (χ3n) is 3.83. The fourth-order valence-corrected chi connectivity index (χ4v) is 2.65. The average Bonchev–Trinajstić information content (AvgIpc) is 3.03. The summed E-state index contributed by atoms with van der Waals surface area (Å²) in [6.07, 6.45) is 2.76. The molecule has 2 aromatic heterocycles. The number of fused-ring (bicyclic) bond motifs is 1. The van der Waals surface area contributed by atoms with Crippen LogP contribution in [0.25, 0.3) is 11.2 Å². The highest BCUT2D eigenvalue weighted by Crippen LogP contribution is 2.12. The quantitative estimate of drug-likeness (QED) is 0.521. The van der Waals surface area contributed by atoms with E-state index in [1.165, 1.54) is 35.8 Å². The van der Waals surface area contributed by atoms with Gasteiger partial charge in [-0.25, -0.2) is 15.2 Å². The van der Waals surface area contributed by atoms with Crippen LogP contribution in [0.5, 0.6) is 0 Å². The number of nitrogens with one attached hydrogen (secondary N) is 1. The molecule has 0 unspecified atom stereocenters. The summed E-state index contributed by atoms with van der Waals surface area (Å²) in [5, 5.41) is 4.36. The number of aromatic nitrogens is 4. The van der Waals surface area contributed by atoms with Gasteiger partial charge in [-0.15, -0.1) is 0 Å². The van der Waals surface area contributed by atoms with Gasteiger partial charge in [0, 0.05) is 24.7 Å². The molecule has 0 fully saturated rings. The standard InChI is InChI=1S/C16H15ClN6O3/c1-21-14-13(15(25)22(2)16(21)26)23(9-18-14)8-12(24)20-19-7-10-5-3-4-6-11(10)17/h3-7,9H,8H2,1-2H3,(H,20,24)/b19-7+. The van der Waals surface area contributed by atoms with Crippen molar-refractivity contribution in [3.05, 3.63) is 62.0 Å². The van der Waals surface area contributed by atoms with E-state index in [4.69, 9.17) is 11.6 Å². The van der Waals surface area contributed by atoms with Crippen LogP contribution in [0.4, 0.5) is 0 Å². The van der Waals surface area contributed by atoms with E-state index in [1.54, 1.807) is 24.3 Å². The van der Waals surface area contributed by atoms with Crippen molar-refractivity contribution in [2.45, 2.75) is 6.54 Å². The zero-order valence-electron chi connectivity index (χ0n) is 14.0. The minimum Gasteiger partial charge on any atom is -0.315 e. The summed E-state index contributed by atoms with van der Waals surface area (Å²) >= 11 is 6.00. The van der Waals surface area contributed by atoms with E-state index in [0.717, 1.165) is 4.57 Å². The summed E-state index contributed by atoms with van der Waals surface area (Å²) < 4.78 is 3.59. The van der Waals surface area contributed by atoms with E-state index in [9.17, 15) is 14.4 Å². The highest BCUT2D eigenvalue weighted by Gasteiger charge is 2.15. The van der Waals surface area contributed by atoms with Crippen molar-refractivity contribution >= 4 is 34.9 Å². The third kappa shape index (κ3) is 3.16. The molecule has 0 bridgehead atoms. The van der Waals surface area contributed by atoms with Crippen LogP contribution < -0.4 is 16.7 Å². The van der Waals surface area contributed by atoms with Crippen LogP contribution in [0.3, 0.4) is 0 Å². The van der Waals surface area contributed by atoms with E-state index in [1.807, 2.05) is 0 Å². The first kappa shape index (κ1) is 17.6. The first-order valence-electron chi connectivity index (χ1n) is 7.57. The predicted molar refractivity (Wildman–Crippen MR) is 97.4 cm³/mol. The molecule has 1 amide bonds. The van der Waals surface area contributed by atoms with Crippen LogP contribution in [0, 0.1) is 0 Å². The van der Waals surface area contributed by atoms with Crippen molar-refractivity contribution in [2.75, 3.05) is 0 Å². The fourth-order valence-electron chi connectivity index (χ4n) is 2.46. The Labute approximate surface area is 152 Å². The molecule has 134 valence electrons. The number of carbonyl (C=O) groups excluding carboxylic acids is 1. The number of hydrazone groups is 1. The maximum atomic E-state index is 12.3. The van der Waals surface area contributed by atoms with Crippen molar-refractivity contribution < 1.29 is 4.79 Å². The lowest BCUT2D eigenvalue weighted by molar-refractivity contribution is -0.121. The monoisotopic (exact) mass is 374 g/mol. The Morgan fingerprint density at radius 1 is 1.27 bits per heavy atom. The molecule has 0 saturated carbocycles. The molecule has 26 heavy (non-hydrogen) atoms. The van der Waals surface area contributed by atoms with Gasteiger partial charge in [-0.05, 0) is 6.07 Å². The predicted octanol–water partition coefficient (Wildman–Crippen LogP) is 0.237. The second-order valence-corrected chi connectivity index (χ2v) is 5.97. The first-order chi connectivity index (χ1) is 12.4. The zero-order chi connectivity index (χ0) is 18.8. The topological polar surface area (TPSA) is 103 Å². The minimum atomic E-state index is -0.520. The Balaban J connectivity index is 1.81. The normalized spacial score (nSPS) is 11.3. The lowest BCUT2D eigenvalue weighted by Gasteiger charge is -2.06. The van der Waals surface area contributed by atoms with E-state index >= 15 is 0 Å². The van der Waals surface area contributed by atoms with Gasteiger partial charge in [-0.2, -0.15) is 5.10 Å². The van der Waals surface area contributed by atoms with Crippen LogP contribution in [0.2, 0.25) is 5.02 Å². The summed E-state index contributed by atoms with van der Waals surface area (Å²) in [7, 11) is 2.88. The summed E-state index contributed by atoms with van der Waals surface area (Å²) in [6.45, 7) is -0.177. The maximum Gasteiger partial charge on any atom is 0.332 e. The largest absolute Gasteiger partial charge is 0.332 e. The molecule has 9 nitrogen and oxygen atoms in total. The molecule has 0 aliphatic heterocycles. The van der Waals surface area contributed by atoms with Crippen molar-refractivity contribution in [1.82, 2.24) is 24.1 Å². The number of imidazole rings is 1. The Morgan fingerprint density at radius 2 is 2.00 bits per heavy atom. The van der Waals surface area contributed by atoms with Gasteiger partial charge in [-0.1, -0.05) is 29.8 Å². The molecule has 1 N–H and O–H groups in total. The molecule has 0 saturated heterocycles. The second-order valence-electron chi connectivity index (χ2n) is 5.57. The molecular weight excluding hydrogens is 360 g/mol. The van der Waals surface area contributed by atoms with E-state index in [2.05, 4.69) is 15.5 Å². The van der Waals surface area contributed by atoms with Gasteiger partial charge in [0.2, 0.25) is 0 Å². The number of rotatable bonds is 4. The van der Waals surface area contributed by atoms with Crippen molar-refractivity contribution in [3.63, 3.8) is 0 Å². The summed E-state index contributed by atoms with van der Waals surface area (Å²) in [5.41, 5.74) is 2.40. The molecule has 3 aromatic rings. The lowest BCUT2D eigenvalue weighted by Crippen LogP contribution is -2.38. The first-order valence-corrected chi connectivity index (χ1v) is 7.95. The molecule has 2 heterocycles. The highest BCUT2D eigenvalue weighted by atomic mass is 35.5. The molecule has 0 aliphatic rings. The lowest BCUT2D eigenvalue weighted by atomic mass is 10.2. The summed E-state index contributed by atoms with van der Waals surface area (Å²) in [6, 6.07) is 7.05. The number of aryl methyl sites for hydroxylation is 1. The zero-order valence-corrected chi connectivity index (χ0v) is 14.8. The van der Waals surface area contributed by atoms with Crippen LogP contribution in [0.15, 0.2) is 45.3 Å². The molecule has 0 atom stereocenters. The molecule has 1 aromatic carbocycles. The molecule has 3 rings (SSSR count). The Kier molecular flexibility index (Phi) is 4.72. The van der Waals surface area contributed by atoms with Crippen molar-refractivity contribution in [2.24, 2.45) is 19.2 Å². The fraction of sp³-hybridized carbons (Fsp3) is 0.188. The van der Waals surface area contributed by atoms with E-state index in [-0.39, 0.29) is 17.7 Å². The van der Waals surface area contributed by atoms with Crippen molar-refractivity contribution in [3.8, 4) is 0 Å². The number of amides is 1. The van der Waals surface area contributed by atoms with Gasteiger partial charge < -0.3 is 4.57 Å². The highest BCUT2D eigenvalue weighted by molar-refractivity contribution is 6.33. The number of benzene rings is 1. The van der Waals surface area contributed by atoms with E-state index in [0.29, 0.717) is 10.6 Å². The minimum absolute atomic E-state index is 0.167. The van der Waals surface area contributed by atoms with Crippen LogP contribution in [-0.2, 0) is 25.4 Å². The Bertz CT molecular complexity index is 1140. The second kappa shape index (κ2) is 6.96. The summed E-state index contributed by atoms with van der Waals surface area (Å²) in [4.78, 5) is 40.4. The Morgan fingerprint density at radius 3 is 2.73 bits per heavy atom. The van der Waals surface area contributed by atoms with E-state index < -0.39 is 17.2 Å². The van der Waals surface area contributed by atoms with Gasteiger partial charge >= 0.3 is 5.69 Å². The number of hydrogen-bond donors (Lipinski definition) is 1. The SMILES string of the molecule is Cn1c(=O)c2c(ncn2CC(=O)N/N=C/c2ccccc2Cl)n(C)c1=O. The molecule has 0 radical (unpaired) electrons. The number of carbonyl (C=O) groups is 1. The summed E-state index contributed by atoms with van der Waals surface area (Å²) in [5.74, 6) is -0.455. The number of halogens is 1. The van der Waals surface area contributed by atoms with Crippen LogP contribution in [0.1, 0.15) is 5.56 Å². The smallest absolute Gasteiger partial charge is 0.315 e. The Hall–Kier alpha value is -3.20. The van der Waals surface area contributed by atoms with Crippen molar-refractivity contribution in [1.29, 1.82) is 0 Å². The van der Waals surface area contributed by atoms with Gasteiger partial charge in [0.1, 0.15) is 6.54 Å². The van der Waals surface area contributed by atoms with Gasteiger partial charge in [0.05, 0.1) is 12.5 Å².